The van der Waals surface area contributed by atoms with Crippen LogP contribution in [0.4, 0.5) is 5.69 Å². The average molecular weight is 542 g/mol. The highest BCUT2D eigenvalue weighted by Gasteiger charge is 2.28. The van der Waals surface area contributed by atoms with Crippen LogP contribution in [0.25, 0.3) is 0 Å². The predicted molar refractivity (Wildman–Crippen MR) is 160 cm³/mol. The van der Waals surface area contributed by atoms with Gasteiger partial charge in [0.05, 0.1) is 32.5 Å². The number of likely N-dealkylation sites (N-methyl/N-ethyl adjacent to an activating group) is 1. The Morgan fingerprint density at radius 1 is 0.921 bits per heavy atom. The fraction of sp³-hybridized carbons (Fsp3) is 0.581. The highest BCUT2D eigenvalue weighted by atomic mass is 32.2. The van der Waals surface area contributed by atoms with Gasteiger partial charge >= 0.3 is 0 Å². The first-order valence-electron chi connectivity index (χ1n) is 13.8. The number of ether oxygens (including phenoxy) is 2. The van der Waals surface area contributed by atoms with Gasteiger partial charge < -0.3 is 14.4 Å². The molecular weight excluding hydrogens is 494 g/mol. The van der Waals surface area contributed by atoms with Crippen molar-refractivity contribution in [2.24, 2.45) is 0 Å². The van der Waals surface area contributed by atoms with Crippen molar-refractivity contribution in [3.63, 3.8) is 0 Å². The molecule has 2 saturated heterocycles. The fourth-order valence-corrected chi connectivity index (χ4v) is 5.57. The number of hydrogen-bond acceptors (Lipinski definition) is 7. The zero-order valence-corrected chi connectivity index (χ0v) is 25.1. The van der Waals surface area contributed by atoms with Gasteiger partial charge in [0, 0.05) is 47.9 Å². The lowest BCUT2D eigenvalue weighted by Gasteiger charge is -2.41. The lowest BCUT2D eigenvalue weighted by molar-refractivity contribution is -0.00984. The van der Waals surface area contributed by atoms with Crippen molar-refractivity contribution in [3.05, 3.63) is 59.7 Å². The summed E-state index contributed by atoms with van der Waals surface area (Å²) in [4.78, 5) is 20.6. The number of hydrogen-bond donors (Lipinski definition) is 0. The van der Waals surface area contributed by atoms with Crippen molar-refractivity contribution < 1.29 is 14.3 Å². The SMILES string of the molecule is CCC(C(=O)c1ccc(N2CCOCC2)cc1)N(C)C.CSc1ccc(CC(C)(C)N2CCOCC2)cc1. The molecule has 2 aromatic rings. The van der Waals surface area contributed by atoms with Gasteiger partial charge in [-0.1, -0.05) is 19.1 Å². The van der Waals surface area contributed by atoms with Crippen molar-refractivity contribution in [2.45, 2.75) is 50.1 Å². The molecule has 0 aromatic heterocycles. The van der Waals surface area contributed by atoms with Crippen LogP contribution in [0.2, 0.25) is 0 Å². The molecule has 2 fully saturated rings. The monoisotopic (exact) mass is 541 g/mol. The van der Waals surface area contributed by atoms with E-state index in [0.29, 0.717) is 0 Å². The van der Waals surface area contributed by atoms with E-state index in [-0.39, 0.29) is 17.4 Å². The Labute approximate surface area is 234 Å². The molecule has 38 heavy (non-hydrogen) atoms. The minimum atomic E-state index is -0.0377. The second-order valence-electron chi connectivity index (χ2n) is 10.8. The van der Waals surface area contributed by atoms with E-state index < -0.39 is 0 Å². The minimum absolute atomic E-state index is 0.0377. The first-order chi connectivity index (χ1) is 18.2. The van der Waals surface area contributed by atoms with Crippen LogP contribution in [-0.4, -0.2) is 100 Å². The average Bonchev–Trinajstić information content (AvgIpc) is 2.95. The Bertz CT molecular complexity index is 967. The van der Waals surface area contributed by atoms with E-state index in [0.717, 1.165) is 71.0 Å². The molecule has 1 unspecified atom stereocenters. The first-order valence-corrected chi connectivity index (χ1v) is 15.1. The predicted octanol–water partition coefficient (Wildman–Crippen LogP) is 5.11. The number of rotatable bonds is 9. The highest BCUT2D eigenvalue weighted by molar-refractivity contribution is 7.98. The highest BCUT2D eigenvalue weighted by Crippen LogP contribution is 2.23. The Balaban J connectivity index is 0.000000212. The van der Waals surface area contributed by atoms with E-state index in [1.54, 1.807) is 11.8 Å². The van der Waals surface area contributed by atoms with Gasteiger partial charge in [-0.15, -0.1) is 11.8 Å². The van der Waals surface area contributed by atoms with Crippen LogP contribution < -0.4 is 4.90 Å². The minimum Gasteiger partial charge on any atom is -0.379 e. The molecule has 7 heteroatoms. The van der Waals surface area contributed by atoms with Crippen LogP contribution in [-0.2, 0) is 15.9 Å². The summed E-state index contributed by atoms with van der Waals surface area (Å²) < 4.78 is 10.8. The number of anilines is 1. The third-order valence-electron chi connectivity index (χ3n) is 7.50. The maximum absolute atomic E-state index is 12.4. The van der Waals surface area contributed by atoms with Gasteiger partial charge in [0.1, 0.15) is 0 Å². The fourth-order valence-electron chi connectivity index (χ4n) is 5.16. The Kier molecular flexibility index (Phi) is 12.1. The standard InChI is InChI=1S/C16H24N2O2.C15H23NOS/c1-4-15(17(2)3)16(19)13-5-7-14(8-6-13)18-9-11-20-12-10-18;1-15(2,16-8-10-17-11-9-16)12-13-4-6-14(18-3)7-5-13/h5-8,15H,4,9-12H2,1-3H3;4-7H,8-12H2,1-3H3. The van der Waals surface area contributed by atoms with Crippen LogP contribution in [0.5, 0.6) is 0 Å². The van der Waals surface area contributed by atoms with E-state index in [1.807, 2.05) is 50.2 Å². The van der Waals surface area contributed by atoms with Gasteiger partial charge in [-0.05, 0) is 89.0 Å². The number of ketones is 1. The van der Waals surface area contributed by atoms with E-state index >= 15 is 0 Å². The molecule has 2 aliphatic heterocycles. The lowest BCUT2D eigenvalue weighted by Crippen LogP contribution is -2.51. The maximum atomic E-state index is 12.4. The molecule has 2 aromatic carbocycles. The number of thioether (sulfide) groups is 1. The topological polar surface area (TPSA) is 45.2 Å². The van der Waals surface area contributed by atoms with Crippen molar-refractivity contribution >= 4 is 23.2 Å². The molecule has 6 nitrogen and oxygen atoms in total. The summed E-state index contributed by atoms with van der Waals surface area (Å²) >= 11 is 1.80. The molecule has 210 valence electrons. The van der Waals surface area contributed by atoms with E-state index in [9.17, 15) is 4.79 Å². The summed E-state index contributed by atoms with van der Waals surface area (Å²) in [5.74, 6) is 0.200. The molecule has 0 N–H and O–H groups in total. The Morgan fingerprint density at radius 2 is 1.47 bits per heavy atom. The van der Waals surface area contributed by atoms with Gasteiger partial charge in [-0.25, -0.2) is 0 Å². The van der Waals surface area contributed by atoms with Gasteiger partial charge in [-0.3, -0.25) is 14.6 Å². The molecule has 0 amide bonds. The normalized spacial score (nSPS) is 17.6. The molecule has 0 radical (unpaired) electrons. The molecule has 0 bridgehead atoms. The number of morpholine rings is 2. The molecule has 0 spiro atoms. The number of benzene rings is 2. The molecule has 4 rings (SSSR count). The van der Waals surface area contributed by atoms with Crippen molar-refractivity contribution in [1.29, 1.82) is 0 Å². The summed E-state index contributed by atoms with van der Waals surface area (Å²) in [6, 6.07) is 16.9. The van der Waals surface area contributed by atoms with Gasteiger partial charge in [0.25, 0.3) is 0 Å². The molecule has 2 heterocycles. The third-order valence-corrected chi connectivity index (χ3v) is 8.25. The summed E-state index contributed by atoms with van der Waals surface area (Å²) in [6.07, 6.45) is 4.05. The lowest BCUT2D eigenvalue weighted by atomic mass is 9.92. The molecule has 0 saturated carbocycles. The van der Waals surface area contributed by atoms with E-state index in [1.165, 1.54) is 16.1 Å². The van der Waals surface area contributed by atoms with Crippen LogP contribution in [0.3, 0.4) is 0 Å². The zero-order chi connectivity index (χ0) is 27.5. The van der Waals surface area contributed by atoms with Gasteiger partial charge in [0.2, 0.25) is 0 Å². The van der Waals surface area contributed by atoms with Crippen molar-refractivity contribution in [1.82, 2.24) is 9.80 Å². The maximum Gasteiger partial charge on any atom is 0.179 e. The van der Waals surface area contributed by atoms with Crippen LogP contribution in [0, 0.1) is 0 Å². The zero-order valence-electron chi connectivity index (χ0n) is 24.2. The summed E-state index contributed by atoms with van der Waals surface area (Å²) in [6.45, 7) is 13.9. The van der Waals surface area contributed by atoms with Crippen molar-refractivity contribution in [2.75, 3.05) is 77.9 Å². The summed E-state index contributed by atoms with van der Waals surface area (Å²) in [7, 11) is 3.91. The molecular formula is C31H47N3O3S. The Hall–Kier alpha value is -1.90. The van der Waals surface area contributed by atoms with E-state index in [4.69, 9.17) is 9.47 Å². The smallest absolute Gasteiger partial charge is 0.179 e. The van der Waals surface area contributed by atoms with Gasteiger partial charge in [-0.2, -0.15) is 0 Å². The second-order valence-corrected chi connectivity index (χ2v) is 11.7. The summed E-state index contributed by atoms with van der Waals surface area (Å²) in [5, 5.41) is 0. The van der Waals surface area contributed by atoms with Crippen LogP contribution in [0.1, 0.15) is 43.1 Å². The molecule has 2 aliphatic rings. The first kappa shape index (κ1) is 30.6. The van der Waals surface area contributed by atoms with Crippen LogP contribution in [0.15, 0.2) is 53.4 Å². The summed E-state index contributed by atoms with van der Waals surface area (Å²) in [5.41, 5.74) is 3.60. The van der Waals surface area contributed by atoms with Gasteiger partial charge in [0.15, 0.2) is 5.78 Å². The van der Waals surface area contributed by atoms with Crippen LogP contribution >= 0.6 is 11.8 Å². The number of Topliss-reactive ketones (excluding diaryl/α,β-unsaturated/α-hetero) is 1. The van der Waals surface area contributed by atoms with Crippen molar-refractivity contribution in [3.8, 4) is 0 Å². The molecule has 0 aliphatic carbocycles. The number of nitrogens with zero attached hydrogens (tertiary/aromatic N) is 3. The molecule has 1 atom stereocenters. The third kappa shape index (κ3) is 8.82. The largest absolute Gasteiger partial charge is 0.379 e. The number of carbonyl (C=O) groups is 1. The Morgan fingerprint density at radius 3 is 1.97 bits per heavy atom. The quantitative estimate of drug-likeness (QED) is 0.323. The second kappa shape index (κ2) is 15.0. The number of carbonyl (C=O) groups excluding carboxylic acids is 1. The van der Waals surface area contributed by atoms with E-state index in [2.05, 4.69) is 54.2 Å².